The van der Waals surface area contributed by atoms with E-state index in [2.05, 4.69) is 4.74 Å². The van der Waals surface area contributed by atoms with E-state index in [0.717, 1.165) is 16.7 Å². The van der Waals surface area contributed by atoms with Gasteiger partial charge >= 0.3 is 6.16 Å². The molecule has 9 heteroatoms. The van der Waals surface area contributed by atoms with Crippen molar-refractivity contribution in [1.82, 2.24) is 0 Å². The summed E-state index contributed by atoms with van der Waals surface area (Å²) < 4.78 is 21.1. The van der Waals surface area contributed by atoms with Gasteiger partial charge in [-0.25, -0.2) is 4.79 Å². The van der Waals surface area contributed by atoms with E-state index in [0.29, 0.717) is 18.6 Å². The number of rotatable bonds is 9. The van der Waals surface area contributed by atoms with Crippen molar-refractivity contribution in [1.29, 1.82) is 0 Å². The topological polar surface area (TPSA) is 135 Å². The van der Waals surface area contributed by atoms with E-state index >= 15 is 0 Å². The van der Waals surface area contributed by atoms with Gasteiger partial charge in [0, 0.05) is 13.0 Å². The van der Waals surface area contributed by atoms with E-state index < -0.39 is 36.9 Å². The maximum absolute atomic E-state index is 11.4. The Balaban J connectivity index is 1.70. The second-order valence-electron chi connectivity index (χ2n) is 7.70. The highest BCUT2D eigenvalue weighted by Gasteiger charge is 2.45. The van der Waals surface area contributed by atoms with E-state index in [9.17, 15) is 20.1 Å². The van der Waals surface area contributed by atoms with Gasteiger partial charge in [-0.05, 0) is 36.1 Å². The standard InChI is InChI=1S/C24H30O9/c1-2-30-24(29)31-14-19-20(26)21(27)22(28)23(33-19)32-18-6-4-3-5-17(18)13-16-9-7-15(8-10-16)11-12-25/h3-10,19-23,25-28H,2,11-14H2,1H3/t19-,20-,21+,22-,23+/m1/s1. The number of carbonyl (C=O) groups excluding carboxylic acids is 1. The first kappa shape index (κ1) is 24.9. The van der Waals surface area contributed by atoms with Crippen LogP contribution in [0.15, 0.2) is 48.5 Å². The lowest BCUT2D eigenvalue weighted by atomic mass is 9.99. The number of carbonyl (C=O) groups is 1. The predicted octanol–water partition coefficient (Wildman–Crippen LogP) is 1.17. The molecular weight excluding hydrogens is 432 g/mol. The predicted molar refractivity (Wildman–Crippen MR) is 117 cm³/mol. The maximum atomic E-state index is 11.4. The zero-order valence-electron chi connectivity index (χ0n) is 18.4. The molecule has 2 aromatic rings. The monoisotopic (exact) mass is 462 g/mol. The minimum Gasteiger partial charge on any atom is -0.462 e. The van der Waals surface area contributed by atoms with Crippen LogP contribution in [0.4, 0.5) is 4.79 Å². The average Bonchev–Trinajstić information content (AvgIpc) is 2.81. The van der Waals surface area contributed by atoms with Gasteiger partial charge in [-0.2, -0.15) is 0 Å². The minimum atomic E-state index is -1.56. The molecule has 1 aliphatic heterocycles. The van der Waals surface area contributed by atoms with Crippen molar-refractivity contribution < 1.29 is 44.2 Å². The summed E-state index contributed by atoms with van der Waals surface area (Å²) in [5.41, 5.74) is 2.88. The number of hydrogen-bond acceptors (Lipinski definition) is 9. The van der Waals surface area contributed by atoms with Crippen LogP contribution in [-0.2, 0) is 27.1 Å². The largest absolute Gasteiger partial charge is 0.508 e. The Labute approximate surface area is 192 Å². The van der Waals surface area contributed by atoms with Crippen LogP contribution in [0.5, 0.6) is 5.75 Å². The normalized spacial score (nSPS) is 24.8. The van der Waals surface area contributed by atoms with Crippen molar-refractivity contribution in [2.24, 2.45) is 0 Å². The highest BCUT2D eigenvalue weighted by molar-refractivity contribution is 5.59. The molecule has 0 radical (unpaired) electrons. The molecule has 2 aromatic carbocycles. The molecule has 180 valence electrons. The van der Waals surface area contributed by atoms with E-state index in [1.807, 2.05) is 36.4 Å². The zero-order valence-corrected chi connectivity index (χ0v) is 18.4. The Morgan fingerprint density at radius 1 is 0.939 bits per heavy atom. The van der Waals surface area contributed by atoms with Gasteiger partial charge in [0.1, 0.15) is 36.8 Å². The lowest BCUT2D eigenvalue weighted by Gasteiger charge is -2.40. The van der Waals surface area contributed by atoms with E-state index in [1.165, 1.54) is 0 Å². The molecule has 0 unspecified atom stereocenters. The summed E-state index contributed by atoms with van der Waals surface area (Å²) in [6.45, 7) is 1.45. The fraction of sp³-hybridized carbons (Fsp3) is 0.458. The van der Waals surface area contributed by atoms with Crippen molar-refractivity contribution >= 4 is 6.16 Å². The van der Waals surface area contributed by atoms with Crippen molar-refractivity contribution in [2.45, 2.75) is 50.5 Å². The van der Waals surface area contributed by atoms with Gasteiger partial charge in [0.15, 0.2) is 0 Å². The molecule has 9 nitrogen and oxygen atoms in total. The van der Waals surface area contributed by atoms with Gasteiger partial charge in [0.05, 0.1) is 6.61 Å². The fourth-order valence-corrected chi connectivity index (χ4v) is 3.52. The Hall–Kier alpha value is -2.69. The third kappa shape index (κ3) is 6.66. The molecule has 0 spiro atoms. The number of benzene rings is 2. The van der Waals surface area contributed by atoms with Crippen LogP contribution in [0.3, 0.4) is 0 Å². The van der Waals surface area contributed by atoms with Crippen LogP contribution in [-0.4, -0.2) is 77.1 Å². The summed E-state index contributed by atoms with van der Waals surface area (Å²) in [5.74, 6) is 0.439. The van der Waals surface area contributed by atoms with Crippen LogP contribution in [0.2, 0.25) is 0 Å². The van der Waals surface area contributed by atoms with Crippen LogP contribution in [0.1, 0.15) is 23.6 Å². The van der Waals surface area contributed by atoms with Gasteiger partial charge in [0.2, 0.25) is 6.29 Å². The van der Waals surface area contributed by atoms with E-state index in [-0.39, 0.29) is 19.8 Å². The summed E-state index contributed by atoms with van der Waals surface area (Å²) in [4.78, 5) is 11.4. The quantitative estimate of drug-likeness (QED) is 0.405. The smallest absolute Gasteiger partial charge is 0.462 e. The van der Waals surface area contributed by atoms with Gasteiger partial charge in [0.25, 0.3) is 0 Å². The van der Waals surface area contributed by atoms with Crippen LogP contribution in [0, 0.1) is 0 Å². The highest BCUT2D eigenvalue weighted by Crippen LogP contribution is 2.28. The number of para-hydroxylation sites is 1. The molecule has 4 N–H and O–H groups in total. The maximum Gasteiger partial charge on any atom is 0.508 e. The second kappa shape index (κ2) is 12.0. The van der Waals surface area contributed by atoms with Crippen molar-refractivity contribution in [3.8, 4) is 5.75 Å². The lowest BCUT2D eigenvalue weighted by molar-refractivity contribution is -0.278. The Morgan fingerprint density at radius 3 is 2.33 bits per heavy atom. The minimum absolute atomic E-state index is 0.0894. The summed E-state index contributed by atoms with van der Waals surface area (Å²) in [6, 6.07) is 15.1. The third-order valence-electron chi connectivity index (χ3n) is 5.33. The SMILES string of the molecule is CCOC(=O)OC[C@H]1O[C@H](Oc2ccccc2Cc2ccc(CCO)cc2)[C@H](O)[C@@H](O)[C@@H]1O. The first-order valence-corrected chi connectivity index (χ1v) is 10.8. The van der Waals surface area contributed by atoms with E-state index in [1.54, 1.807) is 19.1 Å². The summed E-state index contributed by atoms with van der Waals surface area (Å²) in [5, 5.41) is 39.9. The highest BCUT2D eigenvalue weighted by atomic mass is 16.7. The number of aliphatic hydroxyl groups excluding tert-OH is 4. The molecule has 1 aliphatic rings. The van der Waals surface area contributed by atoms with Gasteiger partial charge < -0.3 is 39.4 Å². The van der Waals surface area contributed by atoms with Crippen LogP contribution in [0.25, 0.3) is 0 Å². The van der Waals surface area contributed by atoms with Crippen LogP contribution < -0.4 is 4.74 Å². The molecule has 5 atom stereocenters. The molecule has 0 bridgehead atoms. The molecule has 0 aromatic heterocycles. The third-order valence-corrected chi connectivity index (χ3v) is 5.33. The Kier molecular flexibility index (Phi) is 9.04. The van der Waals surface area contributed by atoms with Crippen molar-refractivity contribution in [2.75, 3.05) is 19.8 Å². The Morgan fingerprint density at radius 2 is 1.64 bits per heavy atom. The number of aliphatic hydroxyl groups is 4. The molecule has 0 saturated carbocycles. The first-order chi connectivity index (χ1) is 15.9. The first-order valence-electron chi connectivity index (χ1n) is 10.8. The molecule has 33 heavy (non-hydrogen) atoms. The lowest BCUT2D eigenvalue weighted by Crippen LogP contribution is -2.60. The zero-order chi connectivity index (χ0) is 23.8. The Bertz CT molecular complexity index is 886. The van der Waals surface area contributed by atoms with Crippen LogP contribution >= 0.6 is 0 Å². The molecular formula is C24H30O9. The molecule has 1 saturated heterocycles. The molecule has 1 fully saturated rings. The molecule has 1 heterocycles. The summed E-state index contributed by atoms with van der Waals surface area (Å²) >= 11 is 0. The average molecular weight is 462 g/mol. The van der Waals surface area contributed by atoms with Gasteiger partial charge in [-0.1, -0.05) is 42.5 Å². The van der Waals surface area contributed by atoms with Crippen molar-refractivity contribution in [3.05, 3.63) is 65.2 Å². The molecule has 0 amide bonds. The van der Waals surface area contributed by atoms with Gasteiger partial charge in [-0.15, -0.1) is 0 Å². The van der Waals surface area contributed by atoms with Crippen molar-refractivity contribution in [3.63, 3.8) is 0 Å². The van der Waals surface area contributed by atoms with Gasteiger partial charge in [-0.3, -0.25) is 0 Å². The fourth-order valence-electron chi connectivity index (χ4n) is 3.52. The summed E-state index contributed by atoms with van der Waals surface area (Å²) in [7, 11) is 0. The van der Waals surface area contributed by atoms with E-state index in [4.69, 9.17) is 19.3 Å². The second-order valence-corrected chi connectivity index (χ2v) is 7.70. The number of ether oxygens (including phenoxy) is 4. The molecule has 0 aliphatic carbocycles. The number of hydrogen-bond donors (Lipinski definition) is 4. The molecule has 3 rings (SSSR count). The summed E-state index contributed by atoms with van der Waals surface area (Å²) in [6.07, 6.45) is -6.79.